The molecular weight excluding hydrogens is 500 g/mol. The highest BCUT2D eigenvalue weighted by atomic mass is 19.4. The number of carbonyl (C=O) groups is 1. The quantitative estimate of drug-likeness (QED) is 0.219. The van der Waals surface area contributed by atoms with Crippen LogP contribution in [0.15, 0.2) is 43.2 Å². The first-order chi connectivity index (χ1) is 17.2. The molecule has 2 unspecified atom stereocenters. The van der Waals surface area contributed by atoms with Gasteiger partial charge in [-0.15, -0.1) is 6.58 Å². The number of carbonyl (C=O) groups excluding carboxylic acids is 1. The molecule has 0 radical (unpaired) electrons. The van der Waals surface area contributed by atoms with E-state index in [0.717, 1.165) is 29.9 Å². The summed E-state index contributed by atoms with van der Waals surface area (Å²) in [6, 6.07) is 3.39. The average molecular weight is 530 g/mol. The molecule has 0 fully saturated rings. The number of pyridine rings is 1. The highest BCUT2D eigenvalue weighted by Crippen LogP contribution is 2.45. The molecule has 3 aromatic heterocycles. The van der Waals surface area contributed by atoms with Crippen LogP contribution >= 0.6 is 0 Å². The molecule has 6 nitrogen and oxygen atoms in total. The Morgan fingerprint density at radius 3 is 2.43 bits per heavy atom. The summed E-state index contributed by atoms with van der Waals surface area (Å²) in [6.07, 6.45) is -1.63. The number of alkyl halides is 6. The zero-order valence-electron chi connectivity index (χ0n) is 20.9. The summed E-state index contributed by atoms with van der Waals surface area (Å²) in [4.78, 5) is 17.3. The molecular formula is C25H29F6N5O. The minimum absolute atomic E-state index is 0.0542. The van der Waals surface area contributed by atoms with Crippen molar-refractivity contribution in [2.45, 2.75) is 70.6 Å². The first-order valence-electron chi connectivity index (χ1n) is 11.4. The molecule has 4 rings (SSSR count). The lowest BCUT2D eigenvalue weighted by molar-refractivity contribution is -0.141. The number of hydrogen-bond donors (Lipinski definition) is 1. The highest BCUT2D eigenvalue weighted by Gasteiger charge is 2.38. The summed E-state index contributed by atoms with van der Waals surface area (Å²) >= 11 is 0. The number of hydrogen-bond acceptors (Lipinski definition) is 4. The van der Waals surface area contributed by atoms with Crippen LogP contribution in [0.25, 0.3) is 5.65 Å². The van der Waals surface area contributed by atoms with Crippen molar-refractivity contribution in [3.63, 3.8) is 0 Å². The molecule has 1 aliphatic rings. The molecule has 0 aliphatic heterocycles. The van der Waals surface area contributed by atoms with Crippen molar-refractivity contribution in [1.29, 1.82) is 0 Å². The molecule has 0 saturated heterocycles. The monoisotopic (exact) mass is 529 g/mol. The first-order valence-corrected chi connectivity index (χ1v) is 11.4. The van der Waals surface area contributed by atoms with E-state index in [1.807, 2.05) is 0 Å². The Bertz CT molecular complexity index is 1210. The number of aromatic nitrogens is 4. The van der Waals surface area contributed by atoms with Gasteiger partial charge in [0.1, 0.15) is 17.6 Å². The molecule has 0 saturated carbocycles. The van der Waals surface area contributed by atoms with Crippen molar-refractivity contribution >= 4 is 17.7 Å². The maximum absolute atomic E-state index is 12.7. The van der Waals surface area contributed by atoms with E-state index in [0.29, 0.717) is 24.4 Å². The molecule has 1 aliphatic carbocycles. The van der Waals surface area contributed by atoms with Gasteiger partial charge in [0, 0.05) is 29.6 Å². The van der Waals surface area contributed by atoms with E-state index in [2.05, 4.69) is 47.7 Å². The third kappa shape index (κ3) is 7.77. The lowest BCUT2D eigenvalue weighted by atomic mass is 9.89. The summed E-state index contributed by atoms with van der Waals surface area (Å²) in [6.45, 7) is 11.3. The average Bonchev–Trinajstić information content (AvgIpc) is 3.32. The van der Waals surface area contributed by atoms with Gasteiger partial charge in [-0.3, -0.25) is 9.78 Å². The third-order valence-corrected chi connectivity index (χ3v) is 5.51. The molecule has 1 N–H and O–H groups in total. The number of nitrogens with one attached hydrogen (secondary N) is 1. The smallest absolute Gasteiger partial charge is 0.329 e. The highest BCUT2D eigenvalue weighted by molar-refractivity contribution is 5.70. The van der Waals surface area contributed by atoms with Crippen LogP contribution in [0.4, 0.5) is 32.0 Å². The van der Waals surface area contributed by atoms with Crippen LogP contribution in [0.2, 0.25) is 0 Å². The van der Waals surface area contributed by atoms with Crippen LogP contribution in [-0.2, 0) is 16.4 Å². The number of amides is 1. The fraction of sp³-hybridized carbons (Fsp3) is 0.440. The number of rotatable bonds is 5. The van der Waals surface area contributed by atoms with E-state index in [-0.39, 0.29) is 16.8 Å². The molecule has 0 aromatic carbocycles. The molecule has 2 atom stereocenters. The van der Waals surface area contributed by atoms with Crippen molar-refractivity contribution in [1.82, 2.24) is 19.6 Å². The fourth-order valence-corrected chi connectivity index (χ4v) is 4.05. The SMILES string of the molecule is C=CCC(C)F.CC1CC(C)(C)c2c1cnc1cc(C(F)F)nn21.O=CNc1ccnc(C(F)(F)F)c1. The van der Waals surface area contributed by atoms with Gasteiger partial charge >= 0.3 is 6.18 Å². The summed E-state index contributed by atoms with van der Waals surface area (Å²) in [5, 5.41) is 6.12. The van der Waals surface area contributed by atoms with Gasteiger partial charge in [-0.2, -0.15) is 18.3 Å². The summed E-state index contributed by atoms with van der Waals surface area (Å²) < 4.78 is 74.8. The van der Waals surface area contributed by atoms with E-state index in [9.17, 15) is 31.1 Å². The van der Waals surface area contributed by atoms with E-state index in [1.165, 1.54) is 19.1 Å². The number of nitrogens with zero attached hydrogens (tertiary/aromatic N) is 4. The number of halogens is 6. The molecule has 12 heteroatoms. The van der Waals surface area contributed by atoms with Gasteiger partial charge in [0.15, 0.2) is 5.65 Å². The molecule has 3 heterocycles. The van der Waals surface area contributed by atoms with Gasteiger partial charge in [-0.1, -0.05) is 26.8 Å². The number of allylic oxidation sites excluding steroid dienone is 1. The largest absolute Gasteiger partial charge is 0.433 e. The molecule has 0 bridgehead atoms. The maximum Gasteiger partial charge on any atom is 0.433 e. The summed E-state index contributed by atoms with van der Waals surface area (Å²) in [5.74, 6) is 0.395. The predicted molar refractivity (Wildman–Crippen MR) is 128 cm³/mol. The van der Waals surface area contributed by atoms with Crippen molar-refractivity contribution < 1.29 is 31.1 Å². The Hall–Kier alpha value is -3.44. The Morgan fingerprint density at radius 1 is 1.24 bits per heavy atom. The van der Waals surface area contributed by atoms with Crippen molar-refractivity contribution in [3.05, 3.63) is 65.9 Å². The van der Waals surface area contributed by atoms with Gasteiger partial charge in [-0.25, -0.2) is 22.7 Å². The second-order valence-corrected chi connectivity index (χ2v) is 9.19. The Morgan fingerprint density at radius 2 is 1.92 bits per heavy atom. The Kier molecular flexibility index (Phi) is 9.82. The second kappa shape index (κ2) is 12.2. The number of anilines is 1. The van der Waals surface area contributed by atoms with E-state index >= 15 is 0 Å². The van der Waals surface area contributed by atoms with Crippen molar-refractivity contribution in [2.24, 2.45) is 0 Å². The maximum atomic E-state index is 12.7. The van der Waals surface area contributed by atoms with Crippen LogP contribution in [0.1, 0.15) is 75.5 Å². The van der Waals surface area contributed by atoms with Gasteiger partial charge in [0.25, 0.3) is 6.43 Å². The molecule has 37 heavy (non-hydrogen) atoms. The Labute approximate surface area is 210 Å². The standard InChI is InChI=1S/C13H15F2N3.C7H5F3N2O.C5H9F/c1-7-5-13(2,3)11-8(7)6-16-10-4-9(12(14)15)17-18(10)11;8-7(9,10)6-3-5(12-4-13)1-2-11-6;1-3-4-5(2)6/h4,6-7,12H,5H2,1-3H3;1-4H,(H,11,12,13);3,5H,1,4H2,2H3. The first kappa shape index (κ1) is 29.8. The van der Waals surface area contributed by atoms with Gasteiger partial charge in [0.05, 0.1) is 5.69 Å². The van der Waals surface area contributed by atoms with Gasteiger partial charge < -0.3 is 5.32 Å². The molecule has 0 spiro atoms. The van der Waals surface area contributed by atoms with Crippen LogP contribution in [0.5, 0.6) is 0 Å². The van der Waals surface area contributed by atoms with Crippen LogP contribution in [0.3, 0.4) is 0 Å². The molecule has 1 amide bonds. The fourth-order valence-electron chi connectivity index (χ4n) is 4.05. The minimum atomic E-state index is -4.49. The summed E-state index contributed by atoms with van der Waals surface area (Å²) in [5.41, 5.74) is 1.43. The Balaban J connectivity index is 0.000000222. The zero-order valence-corrected chi connectivity index (χ0v) is 20.9. The normalized spacial score (nSPS) is 16.7. The second-order valence-electron chi connectivity index (χ2n) is 9.19. The van der Waals surface area contributed by atoms with Crippen LogP contribution in [0, 0.1) is 0 Å². The number of fused-ring (bicyclic) bond motifs is 3. The minimum Gasteiger partial charge on any atom is -0.329 e. The van der Waals surface area contributed by atoms with Gasteiger partial charge in [-0.05, 0) is 43.4 Å². The van der Waals surface area contributed by atoms with Crippen molar-refractivity contribution in [2.75, 3.05) is 5.32 Å². The topological polar surface area (TPSA) is 72.2 Å². The van der Waals surface area contributed by atoms with Crippen LogP contribution in [-0.4, -0.2) is 32.2 Å². The predicted octanol–water partition coefficient (Wildman–Crippen LogP) is 7.04. The third-order valence-electron chi connectivity index (χ3n) is 5.51. The van der Waals surface area contributed by atoms with E-state index < -0.39 is 24.5 Å². The molecule has 202 valence electrons. The molecule has 3 aromatic rings. The zero-order chi connectivity index (χ0) is 28.0. The van der Waals surface area contributed by atoms with E-state index in [4.69, 9.17) is 0 Å². The lowest BCUT2D eigenvalue weighted by Crippen LogP contribution is -2.17. The van der Waals surface area contributed by atoms with E-state index in [1.54, 1.807) is 16.8 Å². The lowest BCUT2D eigenvalue weighted by Gasteiger charge is -2.19. The summed E-state index contributed by atoms with van der Waals surface area (Å²) in [7, 11) is 0. The van der Waals surface area contributed by atoms with Gasteiger partial charge in [0.2, 0.25) is 6.41 Å². The van der Waals surface area contributed by atoms with Crippen molar-refractivity contribution in [3.8, 4) is 0 Å². The van der Waals surface area contributed by atoms with Crippen LogP contribution < -0.4 is 5.32 Å².